The minimum Gasteiger partial charge on any atom is -0.381 e. The molecular weight excluding hydrogens is 277 g/mol. The summed E-state index contributed by atoms with van der Waals surface area (Å²) in [6.45, 7) is 0.687. The summed E-state index contributed by atoms with van der Waals surface area (Å²) in [5.41, 5.74) is 6.75. The minimum absolute atomic E-state index is 0.504. The van der Waals surface area contributed by atoms with Crippen LogP contribution in [0.1, 0.15) is 5.56 Å². The average molecular weight is 287 g/mol. The van der Waals surface area contributed by atoms with Gasteiger partial charge in [0.2, 0.25) is 0 Å². The number of nitrogens with zero attached hydrogens (tertiary/aromatic N) is 2. The lowest BCUT2D eigenvalue weighted by Gasteiger charge is -2.01. The molecule has 0 fully saturated rings. The Kier molecular flexibility index (Phi) is 2.98. The summed E-state index contributed by atoms with van der Waals surface area (Å²) in [5, 5.41) is 4.88. The summed E-state index contributed by atoms with van der Waals surface area (Å²) in [6, 6.07) is 7.65. The minimum atomic E-state index is 0.504. The van der Waals surface area contributed by atoms with Crippen LogP contribution in [0.3, 0.4) is 0 Å². The van der Waals surface area contributed by atoms with E-state index < -0.39 is 0 Å². The Morgan fingerprint density at radius 2 is 2.00 bits per heavy atom. The van der Waals surface area contributed by atoms with Crippen LogP contribution in [0.15, 0.2) is 34.9 Å². The lowest BCUT2D eigenvalue weighted by molar-refractivity contribution is 0.690. The van der Waals surface area contributed by atoms with Gasteiger partial charge < -0.3 is 5.73 Å². The van der Waals surface area contributed by atoms with E-state index in [-0.39, 0.29) is 0 Å². The van der Waals surface area contributed by atoms with Crippen LogP contribution < -0.4 is 5.73 Å². The Bertz CT molecular complexity index is 445. The van der Waals surface area contributed by atoms with E-state index in [1.807, 2.05) is 30.5 Å². The second kappa shape index (κ2) is 4.24. The van der Waals surface area contributed by atoms with Crippen LogP contribution in [-0.2, 0) is 6.54 Å². The summed E-state index contributed by atoms with van der Waals surface area (Å²) < 4.78 is 2.60. The fraction of sp³-hybridized carbons (Fsp3) is 0.100. The second-order valence-electron chi connectivity index (χ2n) is 3.19. The van der Waals surface area contributed by atoms with Crippen molar-refractivity contribution in [2.45, 2.75) is 6.54 Å². The standard InChI is InChI=1S/C10H9BrClN3/c11-9-6-15(14-10(9)13)5-7-1-3-8(12)4-2-7/h1-4,6H,5H2,(H2,13,14). The third kappa shape index (κ3) is 2.52. The highest BCUT2D eigenvalue weighted by molar-refractivity contribution is 9.10. The van der Waals surface area contributed by atoms with E-state index in [0.29, 0.717) is 12.4 Å². The molecule has 0 amide bonds. The number of halogens is 2. The van der Waals surface area contributed by atoms with Crippen molar-refractivity contribution in [1.29, 1.82) is 0 Å². The summed E-state index contributed by atoms with van der Waals surface area (Å²) in [5.74, 6) is 0.504. The van der Waals surface area contributed by atoms with Crippen molar-refractivity contribution in [2.75, 3.05) is 5.73 Å². The number of benzene rings is 1. The van der Waals surface area contributed by atoms with Crippen molar-refractivity contribution in [3.8, 4) is 0 Å². The maximum Gasteiger partial charge on any atom is 0.159 e. The molecule has 2 rings (SSSR count). The van der Waals surface area contributed by atoms with Gasteiger partial charge >= 0.3 is 0 Å². The maximum atomic E-state index is 5.79. The van der Waals surface area contributed by atoms with E-state index in [2.05, 4.69) is 21.0 Å². The SMILES string of the molecule is Nc1nn(Cc2ccc(Cl)cc2)cc1Br. The highest BCUT2D eigenvalue weighted by atomic mass is 79.9. The van der Waals surface area contributed by atoms with Gasteiger partial charge in [-0.25, -0.2) is 0 Å². The van der Waals surface area contributed by atoms with Gasteiger partial charge in [0.15, 0.2) is 5.82 Å². The lowest BCUT2D eigenvalue weighted by atomic mass is 10.2. The first kappa shape index (κ1) is 10.5. The number of rotatable bonds is 2. The Morgan fingerprint density at radius 3 is 2.53 bits per heavy atom. The fourth-order valence-corrected chi connectivity index (χ4v) is 1.71. The highest BCUT2D eigenvalue weighted by Crippen LogP contribution is 2.17. The molecule has 1 heterocycles. The van der Waals surface area contributed by atoms with Crippen LogP contribution >= 0.6 is 27.5 Å². The Hall–Kier alpha value is -1.000. The number of hydrogen-bond acceptors (Lipinski definition) is 2. The molecule has 0 atom stereocenters. The zero-order valence-corrected chi connectivity index (χ0v) is 10.2. The molecule has 2 N–H and O–H groups in total. The molecule has 0 unspecified atom stereocenters. The molecule has 0 aliphatic heterocycles. The topological polar surface area (TPSA) is 43.8 Å². The Labute approximate surface area is 101 Å². The van der Waals surface area contributed by atoms with Crippen molar-refractivity contribution in [1.82, 2.24) is 9.78 Å². The molecule has 0 saturated heterocycles. The van der Waals surface area contributed by atoms with Crippen molar-refractivity contribution < 1.29 is 0 Å². The van der Waals surface area contributed by atoms with E-state index in [1.165, 1.54) is 0 Å². The second-order valence-corrected chi connectivity index (χ2v) is 4.48. The van der Waals surface area contributed by atoms with Gasteiger partial charge in [-0.1, -0.05) is 23.7 Å². The summed E-state index contributed by atoms with van der Waals surface area (Å²) >= 11 is 9.11. The normalized spacial score (nSPS) is 10.5. The third-order valence-electron chi connectivity index (χ3n) is 2.00. The number of hydrogen-bond donors (Lipinski definition) is 1. The maximum absolute atomic E-state index is 5.79. The van der Waals surface area contributed by atoms with Gasteiger partial charge in [0, 0.05) is 11.2 Å². The molecule has 15 heavy (non-hydrogen) atoms. The van der Waals surface area contributed by atoms with Crippen molar-refractivity contribution in [3.63, 3.8) is 0 Å². The smallest absolute Gasteiger partial charge is 0.159 e. The number of aromatic nitrogens is 2. The number of nitrogens with two attached hydrogens (primary N) is 1. The van der Waals surface area contributed by atoms with Gasteiger partial charge in [0.1, 0.15) is 0 Å². The van der Waals surface area contributed by atoms with Gasteiger partial charge in [-0.05, 0) is 33.6 Å². The molecule has 1 aromatic heterocycles. The molecular formula is C10H9BrClN3. The first-order valence-corrected chi connectivity index (χ1v) is 5.55. The van der Waals surface area contributed by atoms with E-state index >= 15 is 0 Å². The van der Waals surface area contributed by atoms with Crippen LogP contribution in [-0.4, -0.2) is 9.78 Å². The van der Waals surface area contributed by atoms with Crippen molar-refractivity contribution >= 4 is 33.3 Å². The monoisotopic (exact) mass is 285 g/mol. The molecule has 78 valence electrons. The van der Waals surface area contributed by atoms with Gasteiger partial charge in [-0.3, -0.25) is 4.68 Å². The molecule has 0 radical (unpaired) electrons. The Morgan fingerprint density at radius 1 is 1.33 bits per heavy atom. The summed E-state index contributed by atoms with van der Waals surface area (Å²) in [6.07, 6.45) is 1.85. The molecule has 3 nitrogen and oxygen atoms in total. The molecule has 0 aliphatic carbocycles. The first-order valence-electron chi connectivity index (χ1n) is 4.38. The predicted molar refractivity (Wildman–Crippen MR) is 64.9 cm³/mol. The van der Waals surface area contributed by atoms with Crippen LogP contribution in [0, 0.1) is 0 Å². The summed E-state index contributed by atoms with van der Waals surface area (Å²) in [7, 11) is 0. The summed E-state index contributed by atoms with van der Waals surface area (Å²) in [4.78, 5) is 0. The Balaban J connectivity index is 2.18. The quantitative estimate of drug-likeness (QED) is 0.922. The fourth-order valence-electron chi connectivity index (χ4n) is 1.27. The molecule has 2 aromatic rings. The van der Waals surface area contributed by atoms with E-state index in [0.717, 1.165) is 15.1 Å². The lowest BCUT2D eigenvalue weighted by Crippen LogP contribution is -2.00. The van der Waals surface area contributed by atoms with Gasteiger partial charge in [0.05, 0.1) is 11.0 Å². The van der Waals surface area contributed by atoms with Crippen LogP contribution in [0.4, 0.5) is 5.82 Å². The van der Waals surface area contributed by atoms with Gasteiger partial charge in [-0.2, -0.15) is 5.10 Å². The third-order valence-corrected chi connectivity index (χ3v) is 2.86. The molecule has 1 aromatic carbocycles. The largest absolute Gasteiger partial charge is 0.381 e. The zero-order chi connectivity index (χ0) is 10.8. The molecule has 5 heteroatoms. The van der Waals surface area contributed by atoms with Crippen LogP contribution in [0.25, 0.3) is 0 Å². The van der Waals surface area contributed by atoms with Gasteiger partial charge in [0.25, 0.3) is 0 Å². The van der Waals surface area contributed by atoms with E-state index in [1.54, 1.807) is 4.68 Å². The van der Waals surface area contributed by atoms with E-state index in [4.69, 9.17) is 17.3 Å². The molecule has 0 saturated carbocycles. The predicted octanol–water partition coefficient (Wildman–Crippen LogP) is 2.93. The molecule has 0 spiro atoms. The first-order chi connectivity index (χ1) is 7.15. The number of nitrogen functional groups attached to an aromatic ring is 1. The van der Waals surface area contributed by atoms with Crippen molar-refractivity contribution in [3.05, 3.63) is 45.5 Å². The molecule has 0 bridgehead atoms. The highest BCUT2D eigenvalue weighted by Gasteiger charge is 2.02. The zero-order valence-electron chi connectivity index (χ0n) is 7.82. The van der Waals surface area contributed by atoms with E-state index in [9.17, 15) is 0 Å². The van der Waals surface area contributed by atoms with Crippen LogP contribution in [0.5, 0.6) is 0 Å². The average Bonchev–Trinajstić information content (AvgIpc) is 2.50. The van der Waals surface area contributed by atoms with Crippen LogP contribution in [0.2, 0.25) is 5.02 Å². The molecule has 0 aliphatic rings. The number of anilines is 1. The van der Waals surface area contributed by atoms with Gasteiger partial charge in [-0.15, -0.1) is 0 Å². The van der Waals surface area contributed by atoms with Crippen molar-refractivity contribution in [2.24, 2.45) is 0 Å².